The van der Waals surface area contributed by atoms with Crippen LogP contribution in [-0.2, 0) is 4.79 Å². The number of imide groups is 1. The predicted octanol–water partition coefficient (Wildman–Crippen LogP) is 4.93. The maximum atomic E-state index is 11.7. The second kappa shape index (κ2) is 7.01. The molecule has 1 saturated heterocycles. The zero-order valence-corrected chi connectivity index (χ0v) is 15.4. The molecule has 0 aliphatic carbocycles. The highest BCUT2D eigenvalue weighted by molar-refractivity contribution is 8.18. The highest BCUT2D eigenvalue weighted by atomic mass is 32.2. The number of hydrogen-bond donors (Lipinski definition) is 1. The van der Waals surface area contributed by atoms with E-state index in [1.807, 2.05) is 18.2 Å². The van der Waals surface area contributed by atoms with Crippen LogP contribution >= 0.6 is 23.5 Å². The van der Waals surface area contributed by atoms with E-state index in [0.717, 1.165) is 34.0 Å². The highest BCUT2D eigenvalue weighted by Crippen LogP contribution is 2.33. The lowest BCUT2D eigenvalue weighted by Gasteiger charge is -2.04. The lowest BCUT2D eigenvalue weighted by Crippen LogP contribution is -2.17. The average molecular weight is 382 g/mol. The number of thioether (sulfide) groups is 2. The van der Waals surface area contributed by atoms with Gasteiger partial charge in [-0.3, -0.25) is 19.9 Å². The van der Waals surface area contributed by atoms with Gasteiger partial charge in [-0.15, -0.1) is 11.8 Å². The fourth-order valence-corrected chi connectivity index (χ4v) is 4.03. The Morgan fingerprint density at radius 2 is 2.04 bits per heavy atom. The van der Waals surface area contributed by atoms with E-state index in [2.05, 4.69) is 29.4 Å². The minimum Gasteiger partial charge on any atom is -0.456 e. The summed E-state index contributed by atoms with van der Waals surface area (Å²) in [5.41, 5.74) is 2.61. The Labute approximate surface area is 158 Å². The van der Waals surface area contributed by atoms with Gasteiger partial charge in [0.15, 0.2) is 0 Å². The Kier molecular flexibility index (Phi) is 4.57. The van der Waals surface area contributed by atoms with Crippen molar-refractivity contribution in [1.29, 1.82) is 0 Å². The fourth-order valence-electron chi connectivity index (χ4n) is 2.71. The summed E-state index contributed by atoms with van der Waals surface area (Å²) in [7, 11) is 0. The van der Waals surface area contributed by atoms with Gasteiger partial charge in [0.1, 0.15) is 11.3 Å². The first-order chi connectivity index (χ1) is 12.6. The van der Waals surface area contributed by atoms with Crippen LogP contribution in [0.4, 0.5) is 4.79 Å². The number of hydrogen-bond acceptors (Lipinski definition) is 6. The third-order valence-corrected chi connectivity index (χ3v) is 5.54. The van der Waals surface area contributed by atoms with Crippen LogP contribution in [0.5, 0.6) is 0 Å². The molecule has 1 aromatic carbocycles. The summed E-state index contributed by atoms with van der Waals surface area (Å²) in [4.78, 5) is 28.8. The molecule has 1 N–H and O–H groups in total. The van der Waals surface area contributed by atoms with E-state index in [1.54, 1.807) is 30.2 Å². The molecule has 1 aliphatic heterocycles. The molecule has 0 spiro atoms. The smallest absolute Gasteiger partial charge is 0.290 e. The van der Waals surface area contributed by atoms with Crippen LogP contribution in [0.25, 0.3) is 28.2 Å². The van der Waals surface area contributed by atoms with Crippen molar-refractivity contribution in [3.63, 3.8) is 0 Å². The molecule has 0 unspecified atom stereocenters. The second-order valence-corrected chi connectivity index (χ2v) is 7.92. The number of benzene rings is 1. The van der Waals surface area contributed by atoms with Gasteiger partial charge < -0.3 is 4.42 Å². The summed E-state index contributed by atoms with van der Waals surface area (Å²) >= 11 is 2.66. The first-order valence-corrected chi connectivity index (χ1v) is 9.80. The summed E-state index contributed by atoms with van der Waals surface area (Å²) in [6, 6.07) is 10.1. The summed E-state index contributed by atoms with van der Waals surface area (Å²) < 4.78 is 5.95. The molecule has 0 bridgehead atoms. The maximum absolute atomic E-state index is 11.7. The molecule has 7 heteroatoms. The van der Waals surface area contributed by atoms with E-state index < -0.39 is 5.91 Å². The number of carbonyl (C=O) groups excluding carboxylic acids is 2. The van der Waals surface area contributed by atoms with E-state index in [9.17, 15) is 9.59 Å². The van der Waals surface area contributed by atoms with Gasteiger partial charge in [-0.1, -0.05) is 19.1 Å². The van der Waals surface area contributed by atoms with Gasteiger partial charge in [0.05, 0.1) is 4.91 Å². The zero-order valence-electron chi connectivity index (χ0n) is 13.8. The second-order valence-electron chi connectivity index (χ2n) is 5.56. The predicted molar refractivity (Wildman–Crippen MR) is 105 cm³/mol. The van der Waals surface area contributed by atoms with Crippen LogP contribution in [0.15, 0.2) is 56.9 Å². The third kappa shape index (κ3) is 3.27. The lowest BCUT2D eigenvalue weighted by molar-refractivity contribution is -0.115. The van der Waals surface area contributed by atoms with E-state index in [-0.39, 0.29) is 5.24 Å². The zero-order chi connectivity index (χ0) is 18.1. The van der Waals surface area contributed by atoms with Crippen molar-refractivity contribution >= 4 is 51.7 Å². The lowest BCUT2D eigenvalue weighted by atomic mass is 10.1. The van der Waals surface area contributed by atoms with Crippen LogP contribution in [0.1, 0.15) is 12.7 Å². The number of nitrogens with one attached hydrogen (secondary N) is 1. The van der Waals surface area contributed by atoms with Crippen molar-refractivity contribution in [2.45, 2.75) is 11.8 Å². The van der Waals surface area contributed by atoms with Crippen LogP contribution in [0.2, 0.25) is 0 Å². The number of rotatable bonds is 4. The van der Waals surface area contributed by atoms with Crippen molar-refractivity contribution in [3.8, 4) is 11.1 Å². The Bertz CT molecular complexity index is 1040. The molecule has 26 heavy (non-hydrogen) atoms. The number of carbonyl (C=O) groups is 2. The summed E-state index contributed by atoms with van der Waals surface area (Å²) in [6.45, 7) is 2.12. The molecular weight excluding hydrogens is 368 g/mol. The first-order valence-electron chi connectivity index (χ1n) is 7.99. The number of nitrogens with zero attached hydrogens (tertiary/aromatic N) is 1. The largest absolute Gasteiger partial charge is 0.456 e. The molecule has 0 atom stereocenters. The van der Waals surface area contributed by atoms with Crippen LogP contribution in [0.3, 0.4) is 0 Å². The summed E-state index contributed by atoms with van der Waals surface area (Å²) in [5.74, 6) is 1.14. The molecule has 4 rings (SSSR count). The fraction of sp³-hybridized carbons (Fsp3) is 0.105. The Morgan fingerprint density at radius 1 is 1.23 bits per heavy atom. The van der Waals surface area contributed by atoms with Crippen molar-refractivity contribution in [2.75, 3.05) is 5.75 Å². The first kappa shape index (κ1) is 16.9. The Hall–Kier alpha value is -2.51. The highest BCUT2D eigenvalue weighted by Gasteiger charge is 2.25. The SMILES string of the molecule is CCSc1ccc(-c2cncc3cc(C=C4SC(=O)NC4=O)oc23)cc1. The minimum atomic E-state index is -0.400. The van der Waals surface area contributed by atoms with Crippen LogP contribution in [-0.4, -0.2) is 21.9 Å². The van der Waals surface area contributed by atoms with Gasteiger partial charge in [0.25, 0.3) is 11.1 Å². The molecule has 3 heterocycles. The topological polar surface area (TPSA) is 72.2 Å². The number of furan rings is 1. The molecule has 0 radical (unpaired) electrons. The van der Waals surface area contributed by atoms with Gasteiger partial charge in [0, 0.05) is 34.3 Å². The van der Waals surface area contributed by atoms with Crippen molar-refractivity contribution < 1.29 is 14.0 Å². The van der Waals surface area contributed by atoms with Crippen molar-refractivity contribution in [3.05, 3.63) is 53.4 Å². The van der Waals surface area contributed by atoms with Gasteiger partial charge in [-0.05, 0) is 41.3 Å². The van der Waals surface area contributed by atoms with Gasteiger partial charge in [-0.2, -0.15) is 0 Å². The van der Waals surface area contributed by atoms with Crippen LogP contribution in [0, 0.1) is 0 Å². The maximum Gasteiger partial charge on any atom is 0.290 e. The van der Waals surface area contributed by atoms with E-state index in [4.69, 9.17) is 4.42 Å². The normalized spacial score (nSPS) is 15.8. The molecule has 1 fully saturated rings. The van der Waals surface area contributed by atoms with Gasteiger partial charge in [-0.25, -0.2) is 0 Å². The standard InChI is InChI=1S/C19H14N2O3S2/c1-2-25-14-5-3-11(4-6-14)15-10-20-9-12-7-13(24-17(12)15)8-16-18(22)21-19(23)26-16/h3-10H,2H2,1H3,(H,21,22,23). The Balaban J connectivity index is 1.73. The van der Waals surface area contributed by atoms with Crippen molar-refractivity contribution in [1.82, 2.24) is 10.3 Å². The van der Waals surface area contributed by atoms with E-state index in [1.165, 1.54) is 4.90 Å². The van der Waals surface area contributed by atoms with E-state index in [0.29, 0.717) is 16.2 Å². The number of aromatic nitrogens is 1. The molecule has 130 valence electrons. The molecule has 1 aliphatic rings. The van der Waals surface area contributed by atoms with Gasteiger partial charge in [0.2, 0.25) is 0 Å². The average Bonchev–Trinajstić information content (AvgIpc) is 3.18. The molecule has 2 aromatic heterocycles. The summed E-state index contributed by atoms with van der Waals surface area (Å²) in [5, 5.41) is 2.71. The molecule has 5 nitrogen and oxygen atoms in total. The monoisotopic (exact) mass is 382 g/mol. The van der Waals surface area contributed by atoms with E-state index >= 15 is 0 Å². The quantitative estimate of drug-likeness (QED) is 0.509. The van der Waals surface area contributed by atoms with Crippen LogP contribution < -0.4 is 5.32 Å². The molecule has 3 aromatic rings. The minimum absolute atomic E-state index is 0.324. The third-order valence-electron chi connectivity index (χ3n) is 3.83. The number of pyridine rings is 1. The number of fused-ring (bicyclic) bond motifs is 1. The Morgan fingerprint density at radius 3 is 2.73 bits per heavy atom. The van der Waals surface area contributed by atoms with Gasteiger partial charge >= 0.3 is 0 Å². The molecule has 2 amide bonds. The van der Waals surface area contributed by atoms with Crippen molar-refractivity contribution in [2.24, 2.45) is 0 Å². The molecular formula is C19H14N2O3S2. The number of amides is 2. The molecule has 0 saturated carbocycles. The summed E-state index contributed by atoms with van der Waals surface area (Å²) in [6.07, 6.45) is 5.07.